The smallest absolute Gasteiger partial charge is 0.254 e. The Kier molecular flexibility index (Phi) is 7.71. The predicted octanol–water partition coefficient (Wildman–Crippen LogP) is 2.28. The molecule has 2 fully saturated rings. The number of carbonyl (C=O) groups is 2. The standard InChI is InChI=1S/C23H35N5O2/c1-3-23(11-5-6-12-23)17-27-22(24-4-2)26-15-18-7-9-19(10-8-18)21(30)28-14-13-25-20(29)16-28/h7-10H,3-6,11-17H2,1-2H3,(H,25,29)(H2,24,26,27). The van der Waals surface area contributed by atoms with Crippen LogP contribution in [0.4, 0.5) is 0 Å². The van der Waals surface area contributed by atoms with Crippen LogP contribution in [0, 0.1) is 5.41 Å². The maximum atomic E-state index is 12.6. The first-order valence-corrected chi connectivity index (χ1v) is 11.2. The highest BCUT2D eigenvalue weighted by Gasteiger charge is 2.31. The highest BCUT2D eigenvalue weighted by molar-refractivity contribution is 5.97. The minimum Gasteiger partial charge on any atom is -0.357 e. The zero-order valence-electron chi connectivity index (χ0n) is 18.3. The van der Waals surface area contributed by atoms with Gasteiger partial charge < -0.3 is 20.9 Å². The van der Waals surface area contributed by atoms with Gasteiger partial charge in [0.1, 0.15) is 0 Å². The molecule has 0 bridgehead atoms. The van der Waals surface area contributed by atoms with Crippen molar-refractivity contribution in [1.29, 1.82) is 0 Å². The van der Waals surface area contributed by atoms with Crippen LogP contribution in [0.25, 0.3) is 0 Å². The molecule has 30 heavy (non-hydrogen) atoms. The largest absolute Gasteiger partial charge is 0.357 e. The third-order valence-corrected chi connectivity index (χ3v) is 6.34. The molecule has 0 aromatic heterocycles. The van der Waals surface area contributed by atoms with Gasteiger partial charge in [0.05, 0.1) is 13.1 Å². The molecule has 2 aliphatic rings. The minimum atomic E-state index is -0.105. The van der Waals surface area contributed by atoms with Crippen LogP contribution in [0.1, 0.15) is 61.9 Å². The third kappa shape index (κ3) is 5.74. The summed E-state index contributed by atoms with van der Waals surface area (Å²) in [6.45, 7) is 7.88. The second kappa shape index (κ2) is 10.5. The summed E-state index contributed by atoms with van der Waals surface area (Å²) in [5.74, 6) is 0.638. The molecule has 1 aliphatic carbocycles. The quantitative estimate of drug-likeness (QED) is 0.473. The summed E-state index contributed by atoms with van der Waals surface area (Å²) >= 11 is 0. The minimum absolute atomic E-state index is 0.101. The van der Waals surface area contributed by atoms with Crippen molar-refractivity contribution >= 4 is 17.8 Å². The number of aliphatic imine (C=N–C) groups is 1. The molecular formula is C23H35N5O2. The van der Waals surface area contributed by atoms with Crippen molar-refractivity contribution in [2.75, 3.05) is 32.7 Å². The predicted molar refractivity (Wildman–Crippen MR) is 119 cm³/mol. The van der Waals surface area contributed by atoms with Crippen molar-refractivity contribution in [3.8, 4) is 0 Å². The molecule has 1 saturated heterocycles. The Morgan fingerprint density at radius 1 is 1.17 bits per heavy atom. The van der Waals surface area contributed by atoms with E-state index in [1.165, 1.54) is 32.1 Å². The van der Waals surface area contributed by atoms with E-state index in [0.717, 1.165) is 24.6 Å². The fourth-order valence-electron chi connectivity index (χ4n) is 4.31. The Bertz CT molecular complexity index is 753. The van der Waals surface area contributed by atoms with Crippen LogP contribution in [-0.4, -0.2) is 55.4 Å². The molecule has 1 aromatic rings. The van der Waals surface area contributed by atoms with Gasteiger partial charge in [-0.2, -0.15) is 0 Å². The maximum absolute atomic E-state index is 12.6. The molecule has 1 saturated carbocycles. The Morgan fingerprint density at radius 2 is 1.90 bits per heavy atom. The molecule has 0 atom stereocenters. The van der Waals surface area contributed by atoms with Crippen LogP contribution >= 0.6 is 0 Å². The first-order valence-electron chi connectivity index (χ1n) is 11.2. The first-order chi connectivity index (χ1) is 14.5. The fraction of sp³-hybridized carbons (Fsp3) is 0.609. The molecule has 0 spiro atoms. The van der Waals surface area contributed by atoms with Crippen molar-refractivity contribution in [2.45, 2.75) is 52.5 Å². The van der Waals surface area contributed by atoms with E-state index in [1.807, 2.05) is 24.3 Å². The Labute approximate surface area is 179 Å². The van der Waals surface area contributed by atoms with Crippen molar-refractivity contribution in [2.24, 2.45) is 10.4 Å². The Balaban J connectivity index is 1.57. The summed E-state index contributed by atoms with van der Waals surface area (Å²) in [5, 5.41) is 9.62. The molecule has 7 heteroatoms. The molecule has 1 heterocycles. The molecule has 2 amide bonds. The summed E-state index contributed by atoms with van der Waals surface area (Å²) in [4.78, 5) is 30.4. The van der Waals surface area contributed by atoms with E-state index < -0.39 is 0 Å². The zero-order valence-corrected chi connectivity index (χ0v) is 18.3. The Morgan fingerprint density at radius 3 is 2.53 bits per heavy atom. The fourth-order valence-corrected chi connectivity index (χ4v) is 4.31. The Hall–Kier alpha value is -2.57. The lowest BCUT2D eigenvalue weighted by atomic mass is 9.83. The van der Waals surface area contributed by atoms with E-state index in [-0.39, 0.29) is 18.4 Å². The van der Waals surface area contributed by atoms with Gasteiger partial charge in [0.25, 0.3) is 5.91 Å². The molecule has 1 aromatic carbocycles. The highest BCUT2D eigenvalue weighted by Crippen LogP contribution is 2.40. The molecule has 1 aliphatic heterocycles. The van der Waals surface area contributed by atoms with E-state index in [9.17, 15) is 9.59 Å². The lowest BCUT2D eigenvalue weighted by Gasteiger charge is -2.28. The molecule has 0 radical (unpaired) electrons. The number of hydrogen-bond acceptors (Lipinski definition) is 3. The van der Waals surface area contributed by atoms with Gasteiger partial charge in [-0.1, -0.05) is 31.9 Å². The summed E-state index contributed by atoms with van der Waals surface area (Å²) in [5.41, 5.74) is 2.06. The summed E-state index contributed by atoms with van der Waals surface area (Å²) in [6.07, 6.45) is 6.45. The number of nitrogens with zero attached hydrogens (tertiary/aromatic N) is 2. The number of rotatable bonds is 7. The number of guanidine groups is 1. The number of amides is 2. The van der Waals surface area contributed by atoms with Gasteiger partial charge in [0.15, 0.2) is 5.96 Å². The van der Waals surface area contributed by atoms with Crippen LogP contribution in [-0.2, 0) is 11.3 Å². The number of benzene rings is 1. The van der Waals surface area contributed by atoms with Gasteiger partial charge in [-0.15, -0.1) is 0 Å². The number of piperazine rings is 1. The number of carbonyl (C=O) groups excluding carboxylic acids is 2. The molecule has 3 N–H and O–H groups in total. The third-order valence-electron chi connectivity index (χ3n) is 6.34. The lowest BCUT2D eigenvalue weighted by molar-refractivity contribution is -0.123. The van der Waals surface area contributed by atoms with Gasteiger partial charge in [0, 0.05) is 31.7 Å². The molecule has 3 rings (SSSR count). The number of nitrogens with one attached hydrogen (secondary N) is 3. The van der Waals surface area contributed by atoms with Crippen LogP contribution in [0.2, 0.25) is 0 Å². The van der Waals surface area contributed by atoms with E-state index >= 15 is 0 Å². The van der Waals surface area contributed by atoms with Gasteiger partial charge in [0.2, 0.25) is 5.91 Å². The normalized spacial score (nSPS) is 18.8. The van der Waals surface area contributed by atoms with Gasteiger partial charge in [-0.3, -0.25) is 9.59 Å². The van der Waals surface area contributed by atoms with E-state index in [1.54, 1.807) is 4.90 Å². The van der Waals surface area contributed by atoms with Crippen molar-refractivity contribution in [3.63, 3.8) is 0 Å². The van der Waals surface area contributed by atoms with Crippen LogP contribution in [0.3, 0.4) is 0 Å². The summed E-state index contributed by atoms with van der Waals surface area (Å²) < 4.78 is 0. The summed E-state index contributed by atoms with van der Waals surface area (Å²) in [6, 6.07) is 7.53. The van der Waals surface area contributed by atoms with E-state index in [0.29, 0.717) is 30.6 Å². The lowest BCUT2D eigenvalue weighted by Crippen LogP contribution is -2.49. The second-order valence-electron chi connectivity index (χ2n) is 8.38. The molecular weight excluding hydrogens is 378 g/mol. The first kappa shape index (κ1) is 22.1. The van der Waals surface area contributed by atoms with Crippen LogP contribution in [0.5, 0.6) is 0 Å². The SMILES string of the molecule is CCNC(=NCc1ccc(C(=O)N2CCNC(=O)C2)cc1)NCC1(CC)CCCC1. The van der Waals surface area contributed by atoms with Crippen LogP contribution < -0.4 is 16.0 Å². The summed E-state index contributed by atoms with van der Waals surface area (Å²) in [7, 11) is 0. The van der Waals surface area contributed by atoms with Crippen LogP contribution in [0.15, 0.2) is 29.3 Å². The highest BCUT2D eigenvalue weighted by atomic mass is 16.2. The van der Waals surface area contributed by atoms with Crippen molar-refractivity contribution in [1.82, 2.24) is 20.9 Å². The molecule has 0 unspecified atom stereocenters. The average Bonchev–Trinajstić information content (AvgIpc) is 3.25. The number of hydrogen-bond donors (Lipinski definition) is 3. The average molecular weight is 414 g/mol. The van der Waals surface area contributed by atoms with Crippen molar-refractivity contribution < 1.29 is 9.59 Å². The topological polar surface area (TPSA) is 85.8 Å². The zero-order chi connectivity index (χ0) is 21.4. The van der Waals surface area contributed by atoms with Crippen molar-refractivity contribution in [3.05, 3.63) is 35.4 Å². The van der Waals surface area contributed by atoms with E-state index in [4.69, 9.17) is 4.99 Å². The van der Waals surface area contributed by atoms with Gasteiger partial charge in [-0.25, -0.2) is 4.99 Å². The second-order valence-corrected chi connectivity index (χ2v) is 8.38. The van der Waals surface area contributed by atoms with Gasteiger partial charge in [-0.05, 0) is 49.3 Å². The van der Waals surface area contributed by atoms with E-state index in [2.05, 4.69) is 29.8 Å². The van der Waals surface area contributed by atoms with Gasteiger partial charge >= 0.3 is 0 Å². The molecule has 164 valence electrons. The monoisotopic (exact) mass is 413 g/mol. The molecule has 7 nitrogen and oxygen atoms in total. The maximum Gasteiger partial charge on any atom is 0.254 e.